The molecular weight excluding hydrogens is 192 g/mol. The lowest BCUT2D eigenvalue weighted by Gasteiger charge is -2.01. The van der Waals surface area contributed by atoms with Gasteiger partial charge in [0.15, 0.2) is 5.58 Å². The van der Waals surface area contributed by atoms with E-state index in [9.17, 15) is 4.79 Å². The van der Waals surface area contributed by atoms with Gasteiger partial charge in [-0.1, -0.05) is 6.07 Å². The Labute approximate surface area is 86.3 Å². The first-order chi connectivity index (χ1) is 7.31. The predicted molar refractivity (Wildman–Crippen MR) is 56.7 cm³/mol. The molecule has 1 heterocycles. The van der Waals surface area contributed by atoms with Crippen LogP contribution in [0.4, 0.5) is 0 Å². The van der Waals surface area contributed by atoms with E-state index in [-0.39, 0.29) is 0 Å². The van der Waals surface area contributed by atoms with Crippen LogP contribution in [0.2, 0.25) is 0 Å². The Kier molecular flexibility index (Phi) is 1.89. The highest BCUT2D eigenvalue weighted by atomic mass is 16.4. The van der Waals surface area contributed by atoms with Gasteiger partial charge in [-0.25, -0.2) is 4.79 Å². The molecule has 78 valence electrons. The molecule has 4 nitrogen and oxygen atoms in total. The van der Waals surface area contributed by atoms with Crippen LogP contribution in [0.25, 0.3) is 11.1 Å². The van der Waals surface area contributed by atoms with Crippen molar-refractivity contribution >= 4 is 11.1 Å². The Balaban J connectivity index is 1.87. The summed E-state index contributed by atoms with van der Waals surface area (Å²) in [6.07, 6.45) is 2.57. The Morgan fingerprint density at radius 3 is 3.13 bits per heavy atom. The minimum atomic E-state index is -0.391. The highest BCUT2D eigenvalue weighted by Gasteiger charge is 2.19. The zero-order chi connectivity index (χ0) is 10.3. The molecule has 2 aromatic rings. The number of aromatic nitrogens is 1. The molecular formula is C11H12N2O2. The Hall–Kier alpha value is -1.55. The standard InChI is InChI=1S/C11H12N2O2/c14-11-13-9-5-7(1-4-10(9)15-11)6-12-8-2-3-8/h1,4-5,8,12H,2-3,6H2,(H,13,14). The van der Waals surface area contributed by atoms with Crippen molar-refractivity contribution in [1.82, 2.24) is 10.3 Å². The van der Waals surface area contributed by atoms with E-state index in [1.807, 2.05) is 18.2 Å². The van der Waals surface area contributed by atoms with Crippen LogP contribution in [0, 0.1) is 0 Å². The van der Waals surface area contributed by atoms with Gasteiger partial charge in [-0.05, 0) is 30.5 Å². The van der Waals surface area contributed by atoms with Crippen LogP contribution in [-0.4, -0.2) is 11.0 Å². The van der Waals surface area contributed by atoms with Gasteiger partial charge in [-0.3, -0.25) is 4.98 Å². The Bertz CT molecular complexity index is 537. The summed E-state index contributed by atoms with van der Waals surface area (Å²) in [4.78, 5) is 13.6. The molecule has 0 aliphatic heterocycles. The van der Waals surface area contributed by atoms with Gasteiger partial charge < -0.3 is 9.73 Å². The first kappa shape index (κ1) is 8.73. The molecule has 3 rings (SSSR count). The molecule has 0 unspecified atom stereocenters. The molecule has 0 radical (unpaired) electrons. The summed E-state index contributed by atoms with van der Waals surface area (Å²) in [6.45, 7) is 0.855. The Morgan fingerprint density at radius 1 is 1.47 bits per heavy atom. The van der Waals surface area contributed by atoms with E-state index in [1.165, 1.54) is 18.4 Å². The van der Waals surface area contributed by atoms with Crippen LogP contribution in [-0.2, 0) is 6.54 Å². The minimum Gasteiger partial charge on any atom is -0.408 e. The maximum absolute atomic E-state index is 10.9. The number of oxazole rings is 1. The molecule has 1 aliphatic rings. The lowest BCUT2D eigenvalue weighted by atomic mass is 10.2. The third-order valence-electron chi connectivity index (χ3n) is 2.66. The molecule has 0 atom stereocenters. The molecule has 0 saturated heterocycles. The SMILES string of the molecule is O=c1[nH]c2cc(CNC3CC3)ccc2o1. The number of fused-ring (bicyclic) bond motifs is 1. The first-order valence-electron chi connectivity index (χ1n) is 5.16. The number of benzene rings is 1. The maximum atomic E-state index is 10.9. The number of aromatic amines is 1. The fraction of sp³-hybridized carbons (Fsp3) is 0.364. The highest BCUT2D eigenvalue weighted by Crippen LogP contribution is 2.20. The average molecular weight is 204 g/mol. The molecule has 1 aromatic carbocycles. The van der Waals surface area contributed by atoms with E-state index in [2.05, 4.69) is 10.3 Å². The van der Waals surface area contributed by atoms with Crippen LogP contribution < -0.4 is 11.1 Å². The lowest BCUT2D eigenvalue weighted by Crippen LogP contribution is -2.15. The average Bonchev–Trinajstić information content (AvgIpc) is 2.96. The summed E-state index contributed by atoms with van der Waals surface area (Å²) in [6, 6.07) is 6.46. The van der Waals surface area contributed by atoms with E-state index in [0.717, 1.165) is 12.1 Å². The smallest absolute Gasteiger partial charge is 0.408 e. The van der Waals surface area contributed by atoms with Crippen molar-refractivity contribution in [1.29, 1.82) is 0 Å². The fourth-order valence-electron chi connectivity index (χ4n) is 1.66. The van der Waals surface area contributed by atoms with E-state index in [0.29, 0.717) is 11.6 Å². The minimum absolute atomic E-state index is 0.391. The van der Waals surface area contributed by atoms with Gasteiger partial charge >= 0.3 is 5.76 Å². The number of H-pyrrole nitrogens is 1. The van der Waals surface area contributed by atoms with Gasteiger partial charge in [0.25, 0.3) is 0 Å². The second-order valence-electron chi connectivity index (χ2n) is 4.00. The monoisotopic (exact) mass is 204 g/mol. The van der Waals surface area contributed by atoms with E-state index >= 15 is 0 Å². The van der Waals surface area contributed by atoms with Gasteiger partial charge in [0, 0.05) is 12.6 Å². The van der Waals surface area contributed by atoms with Gasteiger partial charge in [0.05, 0.1) is 5.52 Å². The predicted octanol–water partition coefficient (Wildman–Crippen LogP) is 1.37. The van der Waals surface area contributed by atoms with E-state index in [4.69, 9.17) is 4.42 Å². The third kappa shape index (κ3) is 1.80. The van der Waals surface area contributed by atoms with Crippen LogP contribution in [0.1, 0.15) is 18.4 Å². The lowest BCUT2D eigenvalue weighted by molar-refractivity contribution is 0.555. The number of nitrogens with one attached hydrogen (secondary N) is 2. The molecule has 1 aliphatic carbocycles. The summed E-state index contributed by atoms with van der Waals surface area (Å²) in [5.41, 5.74) is 2.57. The number of rotatable bonds is 3. The molecule has 1 saturated carbocycles. The Morgan fingerprint density at radius 2 is 2.33 bits per heavy atom. The fourth-order valence-corrected chi connectivity index (χ4v) is 1.66. The third-order valence-corrected chi connectivity index (χ3v) is 2.66. The molecule has 0 amide bonds. The van der Waals surface area contributed by atoms with E-state index in [1.54, 1.807) is 0 Å². The highest BCUT2D eigenvalue weighted by molar-refractivity contribution is 5.72. The van der Waals surface area contributed by atoms with Gasteiger partial charge in [-0.15, -0.1) is 0 Å². The second-order valence-corrected chi connectivity index (χ2v) is 4.00. The van der Waals surface area contributed by atoms with Crippen LogP contribution >= 0.6 is 0 Å². The summed E-state index contributed by atoms with van der Waals surface area (Å²) in [7, 11) is 0. The van der Waals surface area contributed by atoms with Crippen molar-refractivity contribution in [3.63, 3.8) is 0 Å². The molecule has 0 bridgehead atoms. The summed E-state index contributed by atoms with van der Waals surface area (Å²) >= 11 is 0. The zero-order valence-corrected chi connectivity index (χ0v) is 8.25. The number of hydrogen-bond acceptors (Lipinski definition) is 3. The van der Waals surface area contributed by atoms with Crippen molar-refractivity contribution in [3.8, 4) is 0 Å². The second kappa shape index (κ2) is 3.24. The van der Waals surface area contributed by atoms with Crippen LogP contribution in [0.3, 0.4) is 0 Å². The molecule has 0 spiro atoms. The van der Waals surface area contributed by atoms with Crippen LogP contribution in [0.15, 0.2) is 27.4 Å². The van der Waals surface area contributed by atoms with E-state index < -0.39 is 5.76 Å². The normalized spacial score (nSPS) is 16.0. The topological polar surface area (TPSA) is 58.0 Å². The quantitative estimate of drug-likeness (QED) is 0.794. The molecule has 2 N–H and O–H groups in total. The summed E-state index contributed by atoms with van der Waals surface area (Å²) in [5.74, 6) is -0.391. The molecule has 15 heavy (non-hydrogen) atoms. The molecule has 4 heteroatoms. The summed E-state index contributed by atoms with van der Waals surface area (Å²) < 4.78 is 4.93. The molecule has 1 fully saturated rings. The largest absolute Gasteiger partial charge is 0.417 e. The maximum Gasteiger partial charge on any atom is 0.417 e. The number of hydrogen-bond donors (Lipinski definition) is 2. The van der Waals surface area contributed by atoms with Crippen molar-refractivity contribution in [3.05, 3.63) is 34.3 Å². The van der Waals surface area contributed by atoms with Gasteiger partial charge in [-0.2, -0.15) is 0 Å². The van der Waals surface area contributed by atoms with Crippen molar-refractivity contribution < 1.29 is 4.42 Å². The molecule has 1 aromatic heterocycles. The van der Waals surface area contributed by atoms with Gasteiger partial charge in [0.2, 0.25) is 0 Å². The van der Waals surface area contributed by atoms with Crippen molar-refractivity contribution in [2.24, 2.45) is 0 Å². The first-order valence-corrected chi connectivity index (χ1v) is 5.16. The van der Waals surface area contributed by atoms with Gasteiger partial charge in [0.1, 0.15) is 0 Å². The summed E-state index contributed by atoms with van der Waals surface area (Å²) in [5, 5.41) is 3.42. The van der Waals surface area contributed by atoms with Crippen LogP contribution in [0.5, 0.6) is 0 Å². The van der Waals surface area contributed by atoms with Crippen molar-refractivity contribution in [2.45, 2.75) is 25.4 Å². The van der Waals surface area contributed by atoms with Crippen molar-refractivity contribution in [2.75, 3.05) is 0 Å². The zero-order valence-electron chi connectivity index (χ0n) is 8.25.